The molecule has 1 N–H and O–H groups in total. The van der Waals surface area contributed by atoms with Crippen LogP contribution in [0.15, 0.2) is 83.6 Å². The molecule has 0 unspecified atom stereocenters. The fraction of sp³-hybridized carbons (Fsp3) is 0.360. The Balaban J connectivity index is 2.39. The molecular weight excluding hydrogens is 342 g/mol. The van der Waals surface area contributed by atoms with Crippen molar-refractivity contribution in [2.45, 2.75) is 53.5 Å². The number of hydrogen-bond acceptors (Lipinski definition) is 1. The Kier molecular flexibility index (Phi) is 5.33. The third kappa shape index (κ3) is 4.02. The van der Waals surface area contributed by atoms with E-state index in [4.69, 9.17) is 0 Å². The molecule has 0 saturated carbocycles. The molecule has 2 aromatic carbocycles. The number of allylic oxidation sites excluding steroid dienone is 4. The summed E-state index contributed by atoms with van der Waals surface area (Å²) in [7, 11) is -2.38. The van der Waals surface area contributed by atoms with Gasteiger partial charge in [-0.25, -0.2) is 0 Å². The average molecular weight is 376 g/mol. The van der Waals surface area contributed by atoms with Crippen molar-refractivity contribution in [1.82, 2.24) is 4.98 Å². The molecule has 27 heavy (non-hydrogen) atoms. The van der Waals surface area contributed by atoms with Crippen molar-refractivity contribution < 1.29 is 0 Å². The summed E-state index contributed by atoms with van der Waals surface area (Å²) in [6.45, 7) is 13.9. The quantitative estimate of drug-likeness (QED) is 0.744. The van der Waals surface area contributed by atoms with E-state index in [0.29, 0.717) is 0 Å². The van der Waals surface area contributed by atoms with Gasteiger partial charge in [0.05, 0.1) is 0 Å². The lowest BCUT2D eigenvalue weighted by Crippen LogP contribution is -2.74. The molecule has 0 spiro atoms. The van der Waals surface area contributed by atoms with E-state index in [1.54, 1.807) is 5.57 Å². The van der Waals surface area contributed by atoms with E-state index >= 15 is 0 Å². The van der Waals surface area contributed by atoms with E-state index < -0.39 is 8.24 Å². The van der Waals surface area contributed by atoms with Gasteiger partial charge in [0.15, 0.2) is 0 Å². The van der Waals surface area contributed by atoms with Crippen LogP contribution in [0.25, 0.3) is 0 Å². The summed E-state index contributed by atoms with van der Waals surface area (Å²) in [6, 6.07) is 22.2. The zero-order chi connectivity index (χ0) is 19.7. The van der Waals surface area contributed by atoms with Gasteiger partial charge in [-0.3, -0.25) is 0 Å². The van der Waals surface area contributed by atoms with E-state index in [2.05, 4.69) is 119 Å². The Bertz CT molecular complexity index is 794. The number of nitrogens with one attached hydrogen (secondary N) is 1. The van der Waals surface area contributed by atoms with Crippen LogP contribution in [0, 0.1) is 5.41 Å². The number of rotatable bonds is 4. The van der Waals surface area contributed by atoms with E-state index in [1.807, 2.05) is 0 Å². The molecule has 1 aliphatic carbocycles. The van der Waals surface area contributed by atoms with Gasteiger partial charge in [-0.1, -0.05) is 99.2 Å². The molecule has 3 rings (SSSR count). The van der Waals surface area contributed by atoms with Crippen LogP contribution in [0.4, 0.5) is 0 Å². The minimum absolute atomic E-state index is 0.00430. The smallest absolute Gasteiger partial charge is 0.222 e. The predicted molar refractivity (Wildman–Crippen MR) is 121 cm³/mol. The summed E-state index contributed by atoms with van der Waals surface area (Å²) >= 11 is 0. The monoisotopic (exact) mass is 375 g/mol. The van der Waals surface area contributed by atoms with Gasteiger partial charge < -0.3 is 4.98 Å². The molecular formula is C25H33NSi. The van der Waals surface area contributed by atoms with Crippen molar-refractivity contribution in [3.63, 3.8) is 0 Å². The molecule has 0 amide bonds. The maximum absolute atomic E-state index is 4.18. The summed E-state index contributed by atoms with van der Waals surface area (Å²) in [5.74, 6) is 0. The van der Waals surface area contributed by atoms with Gasteiger partial charge in [0, 0.05) is 5.54 Å². The average Bonchev–Trinajstić information content (AvgIpc) is 3.11. The first-order valence-corrected chi connectivity index (χ1v) is 12.0. The predicted octanol–water partition coefficient (Wildman–Crippen LogP) is 4.98. The van der Waals surface area contributed by atoms with Crippen molar-refractivity contribution in [1.29, 1.82) is 0 Å². The standard InChI is InChI=1S/C25H33NSi/c1-24(2,3)22-18-13-19-23(22)27(26-25(4,5)6,20-14-9-7-10-15-20)21-16-11-8-12-17-21/h7-17,19,26H,18H2,1-6H3. The molecule has 0 aromatic heterocycles. The first kappa shape index (κ1) is 19.8. The normalized spacial score (nSPS) is 15.5. The van der Waals surface area contributed by atoms with Gasteiger partial charge in [-0.2, -0.15) is 0 Å². The second-order valence-corrected chi connectivity index (χ2v) is 13.0. The van der Waals surface area contributed by atoms with E-state index in [1.165, 1.54) is 15.6 Å². The van der Waals surface area contributed by atoms with Crippen molar-refractivity contribution in [2.24, 2.45) is 5.41 Å². The van der Waals surface area contributed by atoms with Crippen LogP contribution in [-0.4, -0.2) is 13.8 Å². The Morgan fingerprint density at radius 3 is 1.63 bits per heavy atom. The number of hydrogen-bond donors (Lipinski definition) is 1. The highest BCUT2D eigenvalue weighted by molar-refractivity contribution is 7.06. The first-order chi connectivity index (χ1) is 12.6. The van der Waals surface area contributed by atoms with E-state index in [0.717, 1.165) is 6.42 Å². The van der Waals surface area contributed by atoms with Gasteiger partial charge >= 0.3 is 0 Å². The maximum atomic E-state index is 4.18. The first-order valence-electron chi connectivity index (χ1n) is 9.96. The van der Waals surface area contributed by atoms with Gasteiger partial charge in [-0.05, 0) is 48.2 Å². The van der Waals surface area contributed by atoms with Crippen LogP contribution in [0.2, 0.25) is 0 Å². The zero-order valence-electron chi connectivity index (χ0n) is 17.6. The highest BCUT2D eigenvalue weighted by Gasteiger charge is 2.46. The highest BCUT2D eigenvalue weighted by Crippen LogP contribution is 2.38. The van der Waals surface area contributed by atoms with Crippen LogP contribution in [-0.2, 0) is 0 Å². The van der Waals surface area contributed by atoms with Gasteiger partial charge in [0.2, 0.25) is 8.24 Å². The SMILES string of the molecule is CC(C)(C)N[Si](C1=C(C(C)(C)C)CC=C1)(c1ccccc1)c1ccccc1. The molecule has 0 saturated heterocycles. The third-order valence-corrected chi connectivity index (χ3v) is 10.0. The molecule has 1 nitrogen and oxygen atoms in total. The Labute approximate surface area is 166 Å². The lowest BCUT2D eigenvalue weighted by molar-refractivity contribution is 0.492. The molecule has 0 heterocycles. The lowest BCUT2D eigenvalue weighted by Gasteiger charge is -2.42. The second kappa shape index (κ2) is 7.25. The molecule has 0 atom stereocenters. The molecule has 2 aromatic rings. The summed E-state index contributed by atoms with van der Waals surface area (Å²) in [5, 5.41) is 4.38. The topological polar surface area (TPSA) is 12.0 Å². The van der Waals surface area contributed by atoms with Crippen LogP contribution in [0.1, 0.15) is 48.0 Å². The Morgan fingerprint density at radius 2 is 1.22 bits per heavy atom. The third-order valence-electron chi connectivity index (χ3n) is 5.22. The van der Waals surface area contributed by atoms with Gasteiger partial charge in [0.1, 0.15) is 0 Å². The summed E-state index contributed by atoms with van der Waals surface area (Å²) in [6.07, 6.45) is 5.82. The highest BCUT2D eigenvalue weighted by atomic mass is 28.3. The van der Waals surface area contributed by atoms with Crippen molar-refractivity contribution in [2.75, 3.05) is 0 Å². The summed E-state index contributed by atoms with van der Waals surface area (Å²) < 4.78 is 0. The van der Waals surface area contributed by atoms with Crippen LogP contribution in [0.3, 0.4) is 0 Å². The van der Waals surface area contributed by atoms with Crippen LogP contribution < -0.4 is 15.4 Å². The van der Waals surface area contributed by atoms with E-state index in [-0.39, 0.29) is 11.0 Å². The fourth-order valence-electron chi connectivity index (χ4n) is 4.19. The molecule has 1 aliphatic rings. The van der Waals surface area contributed by atoms with Crippen molar-refractivity contribution in [3.8, 4) is 0 Å². The molecule has 0 fully saturated rings. The molecule has 2 heteroatoms. The zero-order valence-corrected chi connectivity index (χ0v) is 18.6. The minimum atomic E-state index is -2.38. The largest absolute Gasteiger partial charge is 0.322 e. The molecule has 0 radical (unpaired) electrons. The molecule has 0 bridgehead atoms. The number of benzene rings is 2. The van der Waals surface area contributed by atoms with Crippen LogP contribution >= 0.6 is 0 Å². The van der Waals surface area contributed by atoms with Gasteiger partial charge in [-0.15, -0.1) is 0 Å². The van der Waals surface area contributed by atoms with Crippen molar-refractivity contribution in [3.05, 3.63) is 83.6 Å². The lowest BCUT2D eigenvalue weighted by atomic mass is 9.86. The second-order valence-electron chi connectivity index (χ2n) is 9.61. The van der Waals surface area contributed by atoms with Crippen LogP contribution in [0.5, 0.6) is 0 Å². The Hall–Kier alpha value is -1.90. The maximum Gasteiger partial charge on any atom is 0.222 e. The van der Waals surface area contributed by atoms with Crippen molar-refractivity contribution >= 4 is 18.6 Å². The summed E-state index contributed by atoms with van der Waals surface area (Å²) in [5.41, 5.74) is 1.73. The summed E-state index contributed by atoms with van der Waals surface area (Å²) in [4.78, 5) is 4.18. The van der Waals surface area contributed by atoms with Gasteiger partial charge in [0.25, 0.3) is 0 Å². The minimum Gasteiger partial charge on any atom is -0.322 e. The fourth-order valence-corrected chi connectivity index (χ4v) is 9.38. The Morgan fingerprint density at radius 1 is 0.741 bits per heavy atom. The molecule has 142 valence electrons. The molecule has 0 aliphatic heterocycles. The van der Waals surface area contributed by atoms with E-state index in [9.17, 15) is 0 Å².